The SMILES string of the molecule is FC(F)(F)c1ccc([C+](C2CC2)C2CC2)cc1. The molecule has 1 aromatic rings. The average Bonchev–Trinajstić information content (AvgIpc) is 3.12. The molecule has 2 aliphatic carbocycles. The van der Waals surface area contributed by atoms with Crippen LogP contribution in [0.4, 0.5) is 13.2 Å². The monoisotopic (exact) mass is 239 g/mol. The molecule has 0 saturated heterocycles. The van der Waals surface area contributed by atoms with Crippen LogP contribution in [0.15, 0.2) is 24.3 Å². The van der Waals surface area contributed by atoms with E-state index < -0.39 is 11.7 Å². The Morgan fingerprint density at radius 3 is 1.71 bits per heavy atom. The van der Waals surface area contributed by atoms with Gasteiger partial charge in [0.15, 0.2) is 0 Å². The molecular formula is C14H14F3+. The van der Waals surface area contributed by atoms with Gasteiger partial charge in [-0.2, -0.15) is 13.2 Å². The first-order valence-corrected chi connectivity index (χ1v) is 6.10. The van der Waals surface area contributed by atoms with E-state index in [0.717, 1.165) is 5.56 Å². The summed E-state index contributed by atoms with van der Waals surface area (Å²) in [5.41, 5.74) is 0.482. The molecule has 3 heteroatoms. The minimum absolute atomic E-state index is 0.549. The molecule has 3 rings (SSSR count). The minimum Gasteiger partial charge on any atom is -0.166 e. The van der Waals surface area contributed by atoms with Crippen LogP contribution in [0.25, 0.3) is 0 Å². The Labute approximate surface area is 98.8 Å². The van der Waals surface area contributed by atoms with Crippen LogP contribution in [0.2, 0.25) is 0 Å². The van der Waals surface area contributed by atoms with Crippen molar-refractivity contribution in [2.45, 2.75) is 31.9 Å². The van der Waals surface area contributed by atoms with Crippen LogP contribution in [-0.4, -0.2) is 0 Å². The first-order valence-electron chi connectivity index (χ1n) is 6.10. The van der Waals surface area contributed by atoms with Crippen molar-refractivity contribution in [1.82, 2.24) is 0 Å². The van der Waals surface area contributed by atoms with Crippen LogP contribution in [0.3, 0.4) is 0 Å². The van der Waals surface area contributed by atoms with Crippen molar-refractivity contribution in [3.63, 3.8) is 0 Å². The van der Waals surface area contributed by atoms with E-state index in [1.165, 1.54) is 43.7 Å². The molecule has 0 atom stereocenters. The van der Waals surface area contributed by atoms with Crippen LogP contribution >= 0.6 is 0 Å². The summed E-state index contributed by atoms with van der Waals surface area (Å²) in [6.07, 6.45) is 0.636. The predicted octanol–water partition coefficient (Wildman–Crippen LogP) is 4.45. The predicted molar refractivity (Wildman–Crippen MR) is 59.2 cm³/mol. The largest absolute Gasteiger partial charge is 0.418 e. The van der Waals surface area contributed by atoms with Crippen molar-refractivity contribution in [3.05, 3.63) is 41.3 Å². The molecule has 1 aromatic carbocycles. The van der Waals surface area contributed by atoms with Gasteiger partial charge in [-0.15, -0.1) is 0 Å². The van der Waals surface area contributed by atoms with Crippen LogP contribution in [0.5, 0.6) is 0 Å². The fraction of sp³-hybridized carbons (Fsp3) is 0.500. The number of hydrogen-bond donors (Lipinski definition) is 0. The highest BCUT2D eigenvalue weighted by atomic mass is 19.4. The van der Waals surface area contributed by atoms with Gasteiger partial charge in [-0.3, -0.25) is 0 Å². The first kappa shape index (κ1) is 11.0. The molecule has 17 heavy (non-hydrogen) atoms. The van der Waals surface area contributed by atoms with Crippen molar-refractivity contribution in [2.75, 3.05) is 0 Å². The van der Waals surface area contributed by atoms with Crippen LogP contribution in [0.1, 0.15) is 36.8 Å². The van der Waals surface area contributed by atoms with E-state index in [0.29, 0.717) is 11.8 Å². The molecule has 2 aliphatic rings. The van der Waals surface area contributed by atoms with Gasteiger partial charge in [0.05, 0.1) is 5.56 Å². The molecular weight excluding hydrogens is 225 g/mol. The van der Waals surface area contributed by atoms with Crippen LogP contribution in [0, 0.1) is 17.8 Å². The van der Waals surface area contributed by atoms with Gasteiger partial charge in [-0.25, -0.2) is 0 Å². The highest BCUT2D eigenvalue weighted by Crippen LogP contribution is 2.53. The van der Waals surface area contributed by atoms with Crippen molar-refractivity contribution in [3.8, 4) is 0 Å². The number of halogens is 3. The van der Waals surface area contributed by atoms with Gasteiger partial charge >= 0.3 is 6.18 Å². The lowest BCUT2D eigenvalue weighted by Crippen LogP contribution is -2.08. The van der Waals surface area contributed by atoms with Gasteiger partial charge in [0, 0.05) is 42.0 Å². The van der Waals surface area contributed by atoms with E-state index in [-0.39, 0.29) is 0 Å². The standard InChI is InChI=1S/C14H14F3/c15-14(16,17)12-7-5-11(6-8-12)13(9-1-2-9)10-3-4-10/h5-10H,1-4H2/q+1. The third kappa shape index (κ3) is 2.28. The number of rotatable bonds is 3. The first-order chi connectivity index (χ1) is 8.05. The maximum Gasteiger partial charge on any atom is 0.418 e. The summed E-state index contributed by atoms with van der Waals surface area (Å²) < 4.78 is 37.4. The summed E-state index contributed by atoms with van der Waals surface area (Å²) in [7, 11) is 0. The Morgan fingerprint density at radius 2 is 1.35 bits per heavy atom. The van der Waals surface area contributed by atoms with Crippen molar-refractivity contribution >= 4 is 0 Å². The zero-order chi connectivity index (χ0) is 12.0. The Hall–Kier alpha value is -1.12. The molecule has 0 spiro atoms. The summed E-state index contributed by atoms with van der Waals surface area (Å²) in [4.78, 5) is 0. The molecule has 90 valence electrons. The third-order valence-electron chi connectivity index (χ3n) is 3.58. The summed E-state index contributed by atoms with van der Waals surface area (Å²) in [6.45, 7) is 0. The van der Waals surface area contributed by atoms with E-state index in [1.54, 1.807) is 12.1 Å². The molecule has 0 unspecified atom stereocenters. The van der Waals surface area contributed by atoms with Crippen molar-refractivity contribution in [1.29, 1.82) is 0 Å². The third-order valence-corrected chi connectivity index (χ3v) is 3.58. The van der Waals surface area contributed by atoms with Gasteiger partial charge in [0.1, 0.15) is 5.56 Å². The van der Waals surface area contributed by atoms with E-state index in [9.17, 15) is 13.2 Å². The second-order valence-electron chi connectivity index (χ2n) is 5.08. The number of hydrogen-bond acceptors (Lipinski definition) is 0. The molecule has 2 fully saturated rings. The molecule has 0 heterocycles. The maximum atomic E-state index is 12.5. The van der Waals surface area contributed by atoms with E-state index in [1.807, 2.05) is 0 Å². The number of alkyl halides is 3. The van der Waals surface area contributed by atoms with Crippen LogP contribution in [-0.2, 0) is 6.18 Å². The summed E-state index contributed by atoms with van der Waals surface area (Å²) in [5.74, 6) is 2.72. The summed E-state index contributed by atoms with van der Waals surface area (Å²) in [6, 6.07) is 5.71. The Balaban J connectivity index is 1.83. The molecule has 0 amide bonds. The molecule has 2 saturated carbocycles. The number of benzene rings is 1. The van der Waals surface area contributed by atoms with Crippen molar-refractivity contribution < 1.29 is 13.2 Å². The highest BCUT2D eigenvalue weighted by molar-refractivity contribution is 5.39. The van der Waals surface area contributed by atoms with E-state index in [2.05, 4.69) is 0 Å². The Morgan fingerprint density at radius 1 is 0.882 bits per heavy atom. The van der Waals surface area contributed by atoms with Gasteiger partial charge in [0.2, 0.25) is 0 Å². The molecule has 0 N–H and O–H groups in total. The topological polar surface area (TPSA) is 0 Å². The summed E-state index contributed by atoms with van der Waals surface area (Å²) in [5, 5.41) is 0. The van der Waals surface area contributed by atoms with E-state index in [4.69, 9.17) is 0 Å². The molecule has 0 nitrogen and oxygen atoms in total. The molecule has 0 aliphatic heterocycles. The zero-order valence-electron chi connectivity index (χ0n) is 9.43. The Bertz CT molecular complexity index is 384. The highest BCUT2D eigenvalue weighted by Gasteiger charge is 2.47. The zero-order valence-corrected chi connectivity index (χ0v) is 9.43. The van der Waals surface area contributed by atoms with E-state index >= 15 is 0 Å². The molecule has 0 bridgehead atoms. The second kappa shape index (κ2) is 3.69. The lowest BCUT2D eigenvalue weighted by Gasteiger charge is -2.09. The molecule has 0 aromatic heterocycles. The van der Waals surface area contributed by atoms with Crippen molar-refractivity contribution in [2.24, 2.45) is 11.8 Å². The Kier molecular flexibility index (Phi) is 2.39. The molecule has 0 radical (unpaired) electrons. The quantitative estimate of drug-likeness (QED) is 0.684. The normalized spacial score (nSPS) is 20.4. The second-order valence-corrected chi connectivity index (χ2v) is 5.08. The van der Waals surface area contributed by atoms with Gasteiger partial charge in [0.25, 0.3) is 0 Å². The van der Waals surface area contributed by atoms with Gasteiger partial charge in [-0.05, 0) is 25.7 Å². The fourth-order valence-electron chi connectivity index (χ4n) is 2.45. The van der Waals surface area contributed by atoms with Gasteiger partial charge in [-0.1, -0.05) is 0 Å². The maximum absolute atomic E-state index is 12.5. The average molecular weight is 239 g/mol. The smallest absolute Gasteiger partial charge is 0.166 e. The summed E-state index contributed by atoms with van der Waals surface area (Å²) >= 11 is 0. The lowest BCUT2D eigenvalue weighted by atomic mass is 9.89. The minimum atomic E-state index is -4.22. The van der Waals surface area contributed by atoms with Gasteiger partial charge < -0.3 is 0 Å². The fourth-order valence-corrected chi connectivity index (χ4v) is 2.45. The lowest BCUT2D eigenvalue weighted by molar-refractivity contribution is -0.137. The van der Waals surface area contributed by atoms with Crippen LogP contribution < -0.4 is 0 Å².